The van der Waals surface area contributed by atoms with Crippen molar-refractivity contribution in [3.63, 3.8) is 0 Å². The zero-order valence-electron chi connectivity index (χ0n) is 18.9. The van der Waals surface area contributed by atoms with E-state index < -0.39 is 80.3 Å². The number of nitrogens with zero attached hydrogens (tertiary/aromatic N) is 2. The lowest BCUT2D eigenvalue weighted by Crippen LogP contribution is -2.63. The quantitative estimate of drug-likeness (QED) is 0.161. The van der Waals surface area contributed by atoms with Gasteiger partial charge in [0.15, 0.2) is 24.5 Å². The summed E-state index contributed by atoms with van der Waals surface area (Å²) in [6.45, 7) is -0.993. The number of ether oxygens (including phenoxy) is 3. The van der Waals surface area contributed by atoms with Crippen molar-refractivity contribution in [2.45, 2.75) is 55.2 Å². The number of aliphatic hydroxyl groups excluding tert-OH is 6. The zero-order valence-corrected chi connectivity index (χ0v) is 18.9. The van der Waals surface area contributed by atoms with Gasteiger partial charge in [-0.3, -0.25) is 15.6 Å². The van der Waals surface area contributed by atoms with Crippen molar-refractivity contribution >= 4 is 22.5 Å². The van der Waals surface area contributed by atoms with Gasteiger partial charge in [-0.15, -0.1) is 5.10 Å². The molecule has 10 N–H and O–H groups in total. The Kier molecular flexibility index (Phi) is 8.26. The molecule has 0 bridgehead atoms. The highest BCUT2D eigenvalue weighted by Gasteiger charge is 2.49. The van der Waals surface area contributed by atoms with E-state index in [1.807, 2.05) is 6.07 Å². The van der Waals surface area contributed by atoms with Crippen LogP contribution in [0.5, 0.6) is 0 Å². The maximum atomic E-state index is 12.8. The summed E-state index contributed by atoms with van der Waals surface area (Å²) in [6, 6.07) is 6.02. The topological polar surface area (TPSA) is 242 Å². The number of aliphatic hydroxyl groups is 6. The molecule has 0 spiro atoms. The van der Waals surface area contributed by atoms with Gasteiger partial charge in [0, 0.05) is 16.7 Å². The van der Waals surface area contributed by atoms with E-state index in [0.29, 0.717) is 5.39 Å². The second kappa shape index (κ2) is 11.2. The molecule has 0 radical (unpaired) electrons. The average molecular weight is 511 g/mol. The summed E-state index contributed by atoms with van der Waals surface area (Å²) in [5.74, 6) is -1.64. The number of hydrogen-bond donors (Lipinski definition) is 9. The molecule has 3 heterocycles. The Balaban J connectivity index is 1.41. The van der Waals surface area contributed by atoms with Gasteiger partial charge in [-0.1, -0.05) is 24.3 Å². The van der Waals surface area contributed by atoms with Gasteiger partial charge in [0.05, 0.1) is 31.6 Å². The van der Waals surface area contributed by atoms with E-state index in [2.05, 4.69) is 21.0 Å². The Hall–Kier alpha value is -2.57. The van der Waals surface area contributed by atoms with Crippen LogP contribution in [0.2, 0.25) is 0 Å². The summed E-state index contributed by atoms with van der Waals surface area (Å²) < 4.78 is 15.9. The first-order valence-electron chi connectivity index (χ1n) is 11.2. The number of nitrogens with two attached hydrogens (primary N) is 1. The van der Waals surface area contributed by atoms with Crippen LogP contribution >= 0.6 is 0 Å². The SMILES string of the molecule is N[C@@H]1[C@@H](CO[C@@H]2O[C@H](C(=O)NNc3nncc4ccccc34)[C@@H](O)[C@H](O)[C@H]2O)[C@H](O)[C@@H](CO)O[C@H]1O. The monoisotopic (exact) mass is 511 g/mol. The highest BCUT2D eigenvalue weighted by molar-refractivity contribution is 5.92. The maximum Gasteiger partial charge on any atom is 0.270 e. The summed E-state index contributed by atoms with van der Waals surface area (Å²) in [7, 11) is 0. The van der Waals surface area contributed by atoms with Crippen molar-refractivity contribution in [2.24, 2.45) is 11.7 Å². The number of carbonyl (C=O) groups is 1. The Morgan fingerprint density at radius 2 is 1.81 bits per heavy atom. The summed E-state index contributed by atoms with van der Waals surface area (Å²) in [5, 5.41) is 69.7. The largest absolute Gasteiger partial charge is 0.394 e. The fourth-order valence-electron chi connectivity index (χ4n) is 4.15. The van der Waals surface area contributed by atoms with Crippen molar-refractivity contribution in [1.82, 2.24) is 15.6 Å². The Morgan fingerprint density at radius 1 is 1.06 bits per heavy atom. The predicted octanol–water partition coefficient (Wildman–Crippen LogP) is -4.09. The molecule has 36 heavy (non-hydrogen) atoms. The fourth-order valence-corrected chi connectivity index (χ4v) is 4.15. The standard InChI is InChI=1S/C21H29N5O10/c22-12-10(13(28)11(6-27)35-20(12)33)7-34-21-16(31)14(29)15(30)17(36-21)19(32)26-25-18-9-4-2-1-3-8(9)5-23-24-18/h1-5,10-17,20-21,27-31,33H,6-7,22H2,(H,24,25)(H,26,32)/t10-,11-,12-,13+,14+,15+,16-,17+,20-,21-/m1/s1. The molecule has 2 aromatic rings. The zero-order chi connectivity index (χ0) is 26.0. The molecule has 2 aliphatic rings. The molecule has 0 unspecified atom stereocenters. The smallest absolute Gasteiger partial charge is 0.270 e. The molecule has 1 aromatic carbocycles. The van der Waals surface area contributed by atoms with Crippen molar-refractivity contribution in [3.05, 3.63) is 30.5 Å². The van der Waals surface area contributed by atoms with E-state index >= 15 is 0 Å². The molecule has 1 aromatic heterocycles. The lowest BCUT2D eigenvalue weighted by atomic mass is 9.88. The Labute approximate surface area is 204 Å². The van der Waals surface area contributed by atoms with Gasteiger partial charge in [-0.2, -0.15) is 5.10 Å². The number of anilines is 1. The maximum absolute atomic E-state index is 12.8. The van der Waals surface area contributed by atoms with E-state index in [4.69, 9.17) is 19.9 Å². The van der Waals surface area contributed by atoms with Crippen molar-refractivity contribution < 1.29 is 49.6 Å². The van der Waals surface area contributed by atoms with Gasteiger partial charge < -0.3 is 50.6 Å². The van der Waals surface area contributed by atoms with Crippen LogP contribution in [0.3, 0.4) is 0 Å². The van der Waals surface area contributed by atoms with E-state index in [1.165, 1.54) is 0 Å². The van der Waals surface area contributed by atoms with Crippen LogP contribution in [-0.4, -0.2) is 115 Å². The van der Waals surface area contributed by atoms with Crippen LogP contribution < -0.4 is 16.6 Å². The number of aromatic nitrogens is 2. The summed E-state index contributed by atoms with van der Waals surface area (Å²) in [5.41, 5.74) is 10.8. The number of benzene rings is 1. The number of hydrogen-bond acceptors (Lipinski definition) is 14. The highest BCUT2D eigenvalue weighted by atomic mass is 16.7. The van der Waals surface area contributed by atoms with Crippen LogP contribution in [0.15, 0.2) is 30.5 Å². The normalized spacial score (nSPS) is 37.0. The Bertz CT molecular complexity index is 1040. The molecular formula is C21H29N5O10. The van der Waals surface area contributed by atoms with Crippen LogP contribution in [0.1, 0.15) is 0 Å². The third kappa shape index (κ3) is 5.25. The number of rotatable bonds is 7. The van der Waals surface area contributed by atoms with E-state index in [1.54, 1.807) is 24.4 Å². The molecule has 1 amide bonds. The number of carbonyl (C=O) groups excluding carboxylic acids is 1. The third-order valence-electron chi connectivity index (χ3n) is 6.29. The van der Waals surface area contributed by atoms with E-state index in [-0.39, 0.29) is 5.82 Å². The van der Waals surface area contributed by atoms with Gasteiger partial charge in [0.25, 0.3) is 5.91 Å². The van der Waals surface area contributed by atoms with Gasteiger partial charge in [0.2, 0.25) is 0 Å². The molecule has 15 nitrogen and oxygen atoms in total. The van der Waals surface area contributed by atoms with Crippen molar-refractivity contribution in [3.8, 4) is 0 Å². The third-order valence-corrected chi connectivity index (χ3v) is 6.29. The van der Waals surface area contributed by atoms with E-state index in [9.17, 15) is 35.4 Å². The molecule has 15 heteroatoms. The van der Waals surface area contributed by atoms with Crippen LogP contribution in [-0.2, 0) is 19.0 Å². The lowest BCUT2D eigenvalue weighted by molar-refractivity contribution is -0.302. The highest BCUT2D eigenvalue weighted by Crippen LogP contribution is 2.27. The summed E-state index contributed by atoms with van der Waals surface area (Å²) in [6.07, 6.45) is -11.1. The van der Waals surface area contributed by atoms with Crippen LogP contribution in [0.4, 0.5) is 5.82 Å². The molecule has 2 aliphatic heterocycles. The number of amides is 1. The first-order chi connectivity index (χ1) is 17.2. The average Bonchev–Trinajstić information content (AvgIpc) is 2.89. The summed E-state index contributed by atoms with van der Waals surface area (Å²) >= 11 is 0. The minimum absolute atomic E-state index is 0.222. The molecule has 0 aliphatic carbocycles. The van der Waals surface area contributed by atoms with Crippen LogP contribution in [0, 0.1) is 5.92 Å². The molecule has 0 saturated carbocycles. The minimum atomic E-state index is -1.82. The molecule has 2 fully saturated rings. The number of nitrogens with one attached hydrogen (secondary N) is 2. The predicted molar refractivity (Wildman–Crippen MR) is 119 cm³/mol. The second-order valence-electron chi connectivity index (χ2n) is 8.60. The Morgan fingerprint density at radius 3 is 2.56 bits per heavy atom. The minimum Gasteiger partial charge on any atom is -0.394 e. The lowest BCUT2D eigenvalue weighted by Gasteiger charge is -2.43. The van der Waals surface area contributed by atoms with Gasteiger partial charge in [0.1, 0.15) is 24.4 Å². The van der Waals surface area contributed by atoms with Gasteiger partial charge in [-0.25, -0.2) is 0 Å². The number of fused-ring (bicyclic) bond motifs is 1. The first kappa shape index (κ1) is 26.5. The van der Waals surface area contributed by atoms with Gasteiger partial charge in [-0.05, 0) is 0 Å². The second-order valence-corrected chi connectivity index (χ2v) is 8.60. The number of hydrazine groups is 1. The summed E-state index contributed by atoms with van der Waals surface area (Å²) in [4.78, 5) is 12.8. The molecule has 10 atom stereocenters. The van der Waals surface area contributed by atoms with Crippen molar-refractivity contribution in [1.29, 1.82) is 0 Å². The first-order valence-corrected chi connectivity index (χ1v) is 11.2. The molecular weight excluding hydrogens is 482 g/mol. The van der Waals surface area contributed by atoms with E-state index in [0.717, 1.165) is 5.39 Å². The molecule has 198 valence electrons. The van der Waals surface area contributed by atoms with Crippen molar-refractivity contribution in [2.75, 3.05) is 18.6 Å². The molecule has 4 rings (SSSR count). The van der Waals surface area contributed by atoms with Gasteiger partial charge >= 0.3 is 0 Å². The fraction of sp³-hybridized carbons (Fsp3) is 0.571. The van der Waals surface area contributed by atoms with Crippen LogP contribution in [0.25, 0.3) is 10.8 Å². The molecule has 2 saturated heterocycles.